The first-order chi connectivity index (χ1) is 12.2. The van der Waals surface area contributed by atoms with Gasteiger partial charge in [0.2, 0.25) is 5.91 Å². The van der Waals surface area contributed by atoms with Crippen molar-refractivity contribution in [1.82, 2.24) is 14.9 Å². The van der Waals surface area contributed by atoms with E-state index in [0.29, 0.717) is 12.3 Å². The van der Waals surface area contributed by atoms with E-state index < -0.39 is 0 Å². The van der Waals surface area contributed by atoms with Crippen LogP contribution in [0.4, 0.5) is 0 Å². The van der Waals surface area contributed by atoms with Crippen molar-refractivity contribution in [3.05, 3.63) is 35.8 Å². The van der Waals surface area contributed by atoms with Gasteiger partial charge in [-0.3, -0.25) is 14.8 Å². The average Bonchev–Trinajstić information content (AvgIpc) is 2.85. The van der Waals surface area contributed by atoms with Crippen LogP contribution < -0.4 is 5.73 Å². The summed E-state index contributed by atoms with van der Waals surface area (Å²) in [4.78, 5) is 22.4. The number of rotatable bonds is 6. The largest absolute Gasteiger partial charge is 0.370 e. The van der Waals surface area contributed by atoms with Crippen molar-refractivity contribution in [3.8, 4) is 0 Å². The van der Waals surface area contributed by atoms with Gasteiger partial charge in [-0.25, -0.2) is 0 Å². The summed E-state index contributed by atoms with van der Waals surface area (Å²) in [6, 6.07) is 4.27. The Balaban J connectivity index is 1.70. The molecule has 2 N–H and O–H groups in total. The summed E-state index contributed by atoms with van der Waals surface area (Å²) in [5.41, 5.74) is 8.88. The third-order valence-electron chi connectivity index (χ3n) is 5.23. The van der Waals surface area contributed by atoms with E-state index in [4.69, 9.17) is 10.7 Å². The maximum Gasteiger partial charge on any atom is 0.218 e. The van der Waals surface area contributed by atoms with Gasteiger partial charge in [0.25, 0.3) is 0 Å². The van der Waals surface area contributed by atoms with Crippen LogP contribution in [0.1, 0.15) is 43.9 Å². The maximum absolute atomic E-state index is 11.0. The number of primary amides is 1. The van der Waals surface area contributed by atoms with Crippen molar-refractivity contribution in [1.29, 1.82) is 0 Å². The van der Waals surface area contributed by atoms with Gasteiger partial charge < -0.3 is 10.6 Å². The van der Waals surface area contributed by atoms with Gasteiger partial charge in [-0.15, -0.1) is 0 Å². The molecule has 2 aromatic rings. The van der Waals surface area contributed by atoms with Crippen LogP contribution in [0.25, 0.3) is 10.9 Å². The van der Waals surface area contributed by atoms with Crippen molar-refractivity contribution in [2.24, 2.45) is 11.7 Å². The van der Waals surface area contributed by atoms with Gasteiger partial charge in [0.1, 0.15) is 0 Å². The van der Waals surface area contributed by atoms with Gasteiger partial charge in [-0.2, -0.15) is 0 Å². The lowest BCUT2D eigenvalue weighted by atomic mass is 9.91. The second-order valence-electron chi connectivity index (χ2n) is 7.08. The summed E-state index contributed by atoms with van der Waals surface area (Å²) in [7, 11) is 0. The number of carbonyl (C=O) groups is 1. The summed E-state index contributed by atoms with van der Waals surface area (Å²) in [5, 5.41) is 1.19. The van der Waals surface area contributed by atoms with Crippen LogP contribution in [0.3, 0.4) is 0 Å². The average molecular weight is 340 g/mol. The Morgan fingerprint density at radius 1 is 1.36 bits per heavy atom. The topological polar surface area (TPSA) is 72.1 Å². The van der Waals surface area contributed by atoms with Gasteiger partial charge >= 0.3 is 0 Å². The first kappa shape index (κ1) is 17.8. The lowest BCUT2D eigenvalue weighted by molar-refractivity contribution is -0.118. The van der Waals surface area contributed by atoms with Crippen LogP contribution in [-0.4, -0.2) is 40.4 Å². The summed E-state index contributed by atoms with van der Waals surface area (Å²) < 4.78 is 0. The molecule has 1 amide bonds. The number of aromatic nitrogens is 2. The molecule has 5 nitrogen and oxygen atoms in total. The Bertz CT molecular complexity index is 731. The fourth-order valence-corrected chi connectivity index (χ4v) is 3.78. The van der Waals surface area contributed by atoms with Crippen LogP contribution in [-0.2, 0) is 17.6 Å². The SMILES string of the molecule is CCc1cc(C[C@H]2CCCN(CCC(N)=O)CC2)c2cnccc2n1. The van der Waals surface area contributed by atoms with Gasteiger partial charge in [0.15, 0.2) is 0 Å². The van der Waals surface area contributed by atoms with Gasteiger partial charge in [0, 0.05) is 36.4 Å². The molecule has 2 aromatic heterocycles. The van der Waals surface area contributed by atoms with Crippen LogP contribution in [0, 0.1) is 5.92 Å². The van der Waals surface area contributed by atoms with E-state index in [1.807, 2.05) is 18.5 Å². The highest BCUT2D eigenvalue weighted by Gasteiger charge is 2.19. The Hall–Kier alpha value is -2.01. The molecule has 1 aliphatic rings. The van der Waals surface area contributed by atoms with Crippen LogP contribution >= 0.6 is 0 Å². The molecular formula is C20H28N4O. The van der Waals surface area contributed by atoms with Crippen LogP contribution in [0.2, 0.25) is 0 Å². The van der Waals surface area contributed by atoms with Crippen molar-refractivity contribution < 1.29 is 4.79 Å². The van der Waals surface area contributed by atoms with E-state index in [9.17, 15) is 4.79 Å². The molecule has 3 heterocycles. The molecule has 25 heavy (non-hydrogen) atoms. The molecule has 1 fully saturated rings. The number of nitrogens with two attached hydrogens (primary N) is 1. The number of likely N-dealkylation sites (tertiary alicyclic amines) is 1. The molecule has 134 valence electrons. The Morgan fingerprint density at radius 2 is 2.24 bits per heavy atom. The molecule has 0 unspecified atom stereocenters. The Morgan fingerprint density at radius 3 is 3.04 bits per heavy atom. The number of hydrogen-bond donors (Lipinski definition) is 1. The van der Waals surface area contributed by atoms with Crippen molar-refractivity contribution >= 4 is 16.8 Å². The molecule has 0 saturated carbocycles. The molecule has 0 aliphatic carbocycles. The first-order valence-electron chi connectivity index (χ1n) is 9.39. The zero-order valence-corrected chi connectivity index (χ0v) is 15.1. The molecule has 5 heteroatoms. The summed E-state index contributed by atoms with van der Waals surface area (Å²) in [6.45, 7) is 5.08. The van der Waals surface area contributed by atoms with Crippen molar-refractivity contribution in [3.63, 3.8) is 0 Å². The summed E-state index contributed by atoms with van der Waals surface area (Å²) >= 11 is 0. The number of fused-ring (bicyclic) bond motifs is 1. The molecule has 1 aliphatic heterocycles. The van der Waals surface area contributed by atoms with Crippen molar-refractivity contribution in [2.75, 3.05) is 19.6 Å². The minimum Gasteiger partial charge on any atom is -0.370 e. The van der Waals surface area contributed by atoms with Gasteiger partial charge in [0.05, 0.1) is 5.52 Å². The number of pyridine rings is 2. The number of amides is 1. The molecule has 0 bridgehead atoms. The smallest absolute Gasteiger partial charge is 0.218 e. The maximum atomic E-state index is 11.0. The number of hydrogen-bond acceptors (Lipinski definition) is 4. The lowest BCUT2D eigenvalue weighted by Crippen LogP contribution is -2.29. The molecular weight excluding hydrogens is 312 g/mol. The van der Waals surface area contributed by atoms with Crippen molar-refractivity contribution in [2.45, 2.75) is 45.4 Å². The predicted octanol–water partition coefficient (Wildman–Crippen LogP) is 2.71. The molecule has 0 aromatic carbocycles. The van der Waals surface area contributed by atoms with E-state index in [0.717, 1.165) is 43.7 Å². The molecule has 1 atom stereocenters. The first-order valence-corrected chi connectivity index (χ1v) is 9.39. The zero-order valence-electron chi connectivity index (χ0n) is 15.1. The van der Waals surface area contributed by atoms with E-state index >= 15 is 0 Å². The van der Waals surface area contributed by atoms with E-state index in [1.165, 1.54) is 30.2 Å². The summed E-state index contributed by atoms with van der Waals surface area (Å²) in [6.07, 6.45) is 9.87. The zero-order chi connectivity index (χ0) is 17.6. The van der Waals surface area contributed by atoms with E-state index in [2.05, 4.69) is 22.9 Å². The van der Waals surface area contributed by atoms with E-state index in [-0.39, 0.29) is 5.91 Å². The number of nitrogens with zero attached hydrogens (tertiary/aromatic N) is 3. The quantitative estimate of drug-likeness (QED) is 0.877. The minimum absolute atomic E-state index is 0.205. The second-order valence-corrected chi connectivity index (χ2v) is 7.08. The Kier molecular flexibility index (Phi) is 5.97. The molecule has 1 saturated heterocycles. The fourth-order valence-electron chi connectivity index (χ4n) is 3.78. The number of aryl methyl sites for hydroxylation is 1. The highest BCUT2D eigenvalue weighted by atomic mass is 16.1. The molecule has 3 rings (SSSR count). The highest BCUT2D eigenvalue weighted by Crippen LogP contribution is 2.26. The van der Waals surface area contributed by atoms with Gasteiger partial charge in [-0.05, 0) is 68.8 Å². The van der Waals surface area contributed by atoms with Gasteiger partial charge in [-0.1, -0.05) is 6.92 Å². The highest BCUT2D eigenvalue weighted by molar-refractivity contribution is 5.81. The second kappa shape index (κ2) is 8.39. The number of carbonyl (C=O) groups excluding carboxylic acids is 1. The molecule has 0 spiro atoms. The molecule has 0 radical (unpaired) electrons. The minimum atomic E-state index is -0.205. The predicted molar refractivity (Wildman–Crippen MR) is 100 cm³/mol. The van der Waals surface area contributed by atoms with E-state index in [1.54, 1.807) is 0 Å². The third kappa shape index (κ3) is 4.75. The summed E-state index contributed by atoms with van der Waals surface area (Å²) in [5.74, 6) is 0.470. The standard InChI is InChI=1S/C20H28N4O/c1-2-17-13-16(18-14-22-8-5-19(18)23-17)12-15-4-3-9-24(10-6-15)11-7-20(21)25/h5,8,13-15H,2-4,6-7,9-12H2,1H3,(H2,21,25)/t15-/m0/s1. The normalized spacial score (nSPS) is 19.0. The van der Waals surface area contributed by atoms with Crippen LogP contribution in [0.15, 0.2) is 24.5 Å². The lowest BCUT2D eigenvalue weighted by Gasteiger charge is -2.19. The van der Waals surface area contributed by atoms with Crippen LogP contribution in [0.5, 0.6) is 0 Å². The third-order valence-corrected chi connectivity index (χ3v) is 5.23. The monoisotopic (exact) mass is 340 g/mol. The fraction of sp³-hybridized carbons (Fsp3) is 0.550. The Labute approximate surface area is 149 Å².